The number of benzene rings is 1. The van der Waals surface area contributed by atoms with E-state index in [1.807, 2.05) is 0 Å². The van der Waals surface area contributed by atoms with Crippen LogP contribution in [0.4, 0.5) is 0 Å². The van der Waals surface area contributed by atoms with Crippen molar-refractivity contribution in [2.45, 2.75) is 31.7 Å². The second-order valence-corrected chi connectivity index (χ2v) is 7.75. The molecule has 21 heavy (non-hydrogen) atoms. The summed E-state index contributed by atoms with van der Waals surface area (Å²) in [5.41, 5.74) is 6.40. The van der Waals surface area contributed by atoms with Crippen molar-refractivity contribution < 1.29 is 13.2 Å². The molecule has 0 fully saturated rings. The van der Waals surface area contributed by atoms with E-state index in [9.17, 15) is 8.42 Å². The smallest absolute Gasteiger partial charge is 0.241 e. The molecule has 120 valence electrons. The van der Waals surface area contributed by atoms with Gasteiger partial charge in [0.1, 0.15) is 0 Å². The van der Waals surface area contributed by atoms with Gasteiger partial charge in [0.2, 0.25) is 10.0 Å². The van der Waals surface area contributed by atoms with Crippen LogP contribution in [0.15, 0.2) is 27.6 Å². The molecule has 0 bridgehead atoms. The lowest BCUT2D eigenvalue weighted by atomic mass is 10.1. The number of nitrogens with two attached hydrogens (primary N) is 1. The van der Waals surface area contributed by atoms with Gasteiger partial charge in [-0.25, -0.2) is 13.1 Å². The van der Waals surface area contributed by atoms with E-state index in [1.54, 1.807) is 18.2 Å². The minimum atomic E-state index is -3.54. The summed E-state index contributed by atoms with van der Waals surface area (Å²) >= 11 is 3.27. The molecule has 0 heterocycles. The molecular weight excluding hydrogens is 356 g/mol. The average Bonchev–Trinajstić information content (AvgIpc) is 2.41. The molecule has 0 atom stereocenters. The summed E-state index contributed by atoms with van der Waals surface area (Å²) in [5.74, 6) is 0.582. The molecule has 1 rings (SSSR count). The maximum absolute atomic E-state index is 12.2. The first-order valence-corrected chi connectivity index (χ1v) is 9.20. The van der Waals surface area contributed by atoms with Gasteiger partial charge >= 0.3 is 0 Å². The number of sulfonamides is 1. The Kier molecular flexibility index (Phi) is 7.83. The van der Waals surface area contributed by atoms with Gasteiger partial charge in [0, 0.05) is 24.2 Å². The summed E-state index contributed by atoms with van der Waals surface area (Å²) in [6, 6.07) is 4.97. The van der Waals surface area contributed by atoms with Crippen molar-refractivity contribution in [3.63, 3.8) is 0 Å². The van der Waals surface area contributed by atoms with Crippen LogP contribution < -0.4 is 10.5 Å². The summed E-state index contributed by atoms with van der Waals surface area (Å²) in [6.45, 7) is 5.88. The summed E-state index contributed by atoms with van der Waals surface area (Å²) in [4.78, 5) is 0.210. The number of rotatable bonds is 9. The monoisotopic (exact) mass is 378 g/mol. The third-order valence-corrected chi connectivity index (χ3v) is 5.34. The standard InChI is InChI=1S/C14H23BrN2O3S/c1-11(2)5-7-20-8-6-17-21(18,19)14-4-3-12(10-16)9-13(14)15/h3-4,9,11,17H,5-8,10,16H2,1-2H3. The fraction of sp³-hybridized carbons (Fsp3) is 0.571. The van der Waals surface area contributed by atoms with E-state index in [0.29, 0.717) is 30.1 Å². The first kappa shape index (κ1) is 18.6. The van der Waals surface area contributed by atoms with Crippen LogP contribution in [-0.4, -0.2) is 28.2 Å². The summed E-state index contributed by atoms with van der Waals surface area (Å²) < 4.78 is 32.8. The highest BCUT2D eigenvalue weighted by molar-refractivity contribution is 9.10. The average molecular weight is 379 g/mol. The normalized spacial score (nSPS) is 12.0. The lowest BCUT2D eigenvalue weighted by Gasteiger charge is -2.10. The Morgan fingerprint density at radius 3 is 2.62 bits per heavy atom. The van der Waals surface area contributed by atoms with Crippen molar-refractivity contribution in [3.05, 3.63) is 28.2 Å². The van der Waals surface area contributed by atoms with Crippen LogP contribution >= 0.6 is 15.9 Å². The predicted molar refractivity (Wildman–Crippen MR) is 87.5 cm³/mol. The first-order valence-electron chi connectivity index (χ1n) is 6.92. The van der Waals surface area contributed by atoms with Crippen LogP contribution in [0.2, 0.25) is 0 Å². The fourth-order valence-corrected chi connectivity index (χ4v) is 3.77. The van der Waals surface area contributed by atoms with Gasteiger partial charge in [-0.2, -0.15) is 0 Å². The van der Waals surface area contributed by atoms with Crippen molar-refractivity contribution in [2.24, 2.45) is 11.7 Å². The highest BCUT2D eigenvalue weighted by Gasteiger charge is 2.17. The molecule has 0 aliphatic carbocycles. The largest absolute Gasteiger partial charge is 0.380 e. The topological polar surface area (TPSA) is 81.4 Å². The number of hydrogen-bond donors (Lipinski definition) is 2. The van der Waals surface area contributed by atoms with Gasteiger partial charge in [-0.05, 0) is 46.0 Å². The van der Waals surface area contributed by atoms with Gasteiger partial charge in [-0.3, -0.25) is 0 Å². The fourth-order valence-electron chi connectivity index (χ4n) is 1.64. The maximum atomic E-state index is 12.2. The van der Waals surface area contributed by atoms with Gasteiger partial charge in [-0.1, -0.05) is 19.9 Å². The van der Waals surface area contributed by atoms with E-state index in [4.69, 9.17) is 10.5 Å². The molecule has 1 aromatic rings. The van der Waals surface area contributed by atoms with E-state index in [0.717, 1.165) is 12.0 Å². The van der Waals surface area contributed by atoms with Crippen LogP contribution in [0, 0.1) is 5.92 Å². The zero-order valence-electron chi connectivity index (χ0n) is 12.4. The zero-order chi connectivity index (χ0) is 15.9. The number of ether oxygens (including phenoxy) is 1. The van der Waals surface area contributed by atoms with Gasteiger partial charge in [-0.15, -0.1) is 0 Å². The molecule has 1 aromatic carbocycles. The molecule has 3 N–H and O–H groups in total. The van der Waals surface area contributed by atoms with Crippen molar-refractivity contribution in [3.8, 4) is 0 Å². The minimum Gasteiger partial charge on any atom is -0.380 e. The van der Waals surface area contributed by atoms with Crippen LogP contribution in [0.1, 0.15) is 25.8 Å². The van der Waals surface area contributed by atoms with E-state index in [1.165, 1.54) is 0 Å². The van der Waals surface area contributed by atoms with Crippen molar-refractivity contribution in [2.75, 3.05) is 19.8 Å². The predicted octanol–water partition coefficient (Wildman–Crippen LogP) is 2.25. The summed E-state index contributed by atoms with van der Waals surface area (Å²) in [6.07, 6.45) is 0.971. The van der Waals surface area contributed by atoms with Crippen molar-refractivity contribution >= 4 is 26.0 Å². The molecule has 0 amide bonds. The van der Waals surface area contributed by atoms with Crippen LogP contribution in [0.3, 0.4) is 0 Å². The number of hydrogen-bond acceptors (Lipinski definition) is 4. The third kappa shape index (κ3) is 6.44. The third-order valence-electron chi connectivity index (χ3n) is 2.90. The lowest BCUT2D eigenvalue weighted by molar-refractivity contribution is 0.128. The zero-order valence-corrected chi connectivity index (χ0v) is 14.8. The molecule has 0 aliphatic rings. The Morgan fingerprint density at radius 1 is 1.33 bits per heavy atom. The highest BCUT2D eigenvalue weighted by Crippen LogP contribution is 2.22. The Hall–Kier alpha value is -0.470. The van der Waals surface area contributed by atoms with Crippen LogP contribution in [0.5, 0.6) is 0 Å². The quantitative estimate of drug-likeness (QED) is 0.645. The molecule has 0 saturated heterocycles. The Labute approximate surface area is 135 Å². The molecule has 7 heteroatoms. The molecule has 5 nitrogen and oxygen atoms in total. The van der Waals surface area contributed by atoms with Crippen molar-refractivity contribution in [1.29, 1.82) is 0 Å². The Balaban J connectivity index is 2.50. The number of nitrogens with one attached hydrogen (secondary N) is 1. The SMILES string of the molecule is CC(C)CCOCCNS(=O)(=O)c1ccc(CN)cc1Br. The summed E-state index contributed by atoms with van der Waals surface area (Å²) in [7, 11) is -3.54. The van der Waals surface area contributed by atoms with Gasteiger partial charge in [0.15, 0.2) is 0 Å². The molecule has 0 unspecified atom stereocenters. The molecule has 0 spiro atoms. The summed E-state index contributed by atoms with van der Waals surface area (Å²) in [5, 5.41) is 0. The maximum Gasteiger partial charge on any atom is 0.241 e. The Bertz CT molecular complexity index is 547. The molecule has 0 aliphatic heterocycles. The van der Waals surface area contributed by atoms with E-state index in [-0.39, 0.29) is 11.4 Å². The van der Waals surface area contributed by atoms with E-state index >= 15 is 0 Å². The van der Waals surface area contributed by atoms with Gasteiger partial charge < -0.3 is 10.5 Å². The molecule has 0 radical (unpaired) electrons. The second kappa shape index (κ2) is 8.85. The second-order valence-electron chi connectivity index (χ2n) is 5.16. The van der Waals surface area contributed by atoms with Crippen LogP contribution in [-0.2, 0) is 21.3 Å². The molecule has 0 saturated carbocycles. The lowest BCUT2D eigenvalue weighted by Crippen LogP contribution is -2.28. The molecular formula is C14H23BrN2O3S. The highest BCUT2D eigenvalue weighted by atomic mass is 79.9. The minimum absolute atomic E-state index is 0.210. The first-order chi connectivity index (χ1) is 9.86. The van der Waals surface area contributed by atoms with E-state index in [2.05, 4.69) is 34.5 Å². The Morgan fingerprint density at radius 2 is 2.05 bits per heavy atom. The van der Waals surface area contributed by atoms with Gasteiger partial charge in [0.25, 0.3) is 0 Å². The number of halogens is 1. The van der Waals surface area contributed by atoms with Gasteiger partial charge in [0.05, 0.1) is 11.5 Å². The van der Waals surface area contributed by atoms with Crippen molar-refractivity contribution in [1.82, 2.24) is 4.72 Å². The van der Waals surface area contributed by atoms with E-state index < -0.39 is 10.0 Å². The molecule has 0 aromatic heterocycles. The van der Waals surface area contributed by atoms with Crippen LogP contribution in [0.25, 0.3) is 0 Å².